The van der Waals surface area contributed by atoms with Crippen LogP contribution in [-0.4, -0.2) is 52.5 Å². The Morgan fingerprint density at radius 2 is 1.55 bits per heavy atom. The highest BCUT2D eigenvalue weighted by Gasteiger charge is 2.34. The highest BCUT2D eigenvalue weighted by molar-refractivity contribution is 6.11. The van der Waals surface area contributed by atoms with E-state index in [2.05, 4.69) is 20.6 Å². The van der Waals surface area contributed by atoms with Gasteiger partial charge in [0, 0.05) is 30.3 Å². The summed E-state index contributed by atoms with van der Waals surface area (Å²) in [7, 11) is 0. The summed E-state index contributed by atoms with van der Waals surface area (Å²) < 4.78 is 0. The zero-order chi connectivity index (χ0) is 29.1. The number of imidazole rings is 1. The molecular weight excluding hydrogens is 530 g/mol. The number of aliphatic carboxylic acids is 1. The van der Waals surface area contributed by atoms with Crippen molar-refractivity contribution in [2.24, 2.45) is 11.8 Å². The second-order valence-electron chi connectivity index (χ2n) is 11.4. The van der Waals surface area contributed by atoms with E-state index in [1.165, 1.54) is 4.90 Å². The van der Waals surface area contributed by atoms with E-state index in [0.29, 0.717) is 35.2 Å². The van der Waals surface area contributed by atoms with Crippen LogP contribution in [0.15, 0.2) is 72.8 Å². The van der Waals surface area contributed by atoms with E-state index in [9.17, 15) is 19.5 Å². The van der Waals surface area contributed by atoms with Gasteiger partial charge in [-0.1, -0.05) is 48.5 Å². The SMILES string of the molecule is O=C(O)CC1c2ccccc2C(=O)N(CC(=O)NCC2CCC(CNc3nc4ccccc4[nH]3)CC2)c2ccccc21. The van der Waals surface area contributed by atoms with Gasteiger partial charge in [0.1, 0.15) is 6.54 Å². The molecule has 1 aromatic heterocycles. The smallest absolute Gasteiger partial charge is 0.304 e. The van der Waals surface area contributed by atoms with Gasteiger partial charge in [0.25, 0.3) is 5.91 Å². The molecule has 1 unspecified atom stereocenters. The van der Waals surface area contributed by atoms with Crippen LogP contribution in [0.5, 0.6) is 0 Å². The van der Waals surface area contributed by atoms with Crippen molar-refractivity contribution in [2.75, 3.05) is 29.9 Å². The van der Waals surface area contributed by atoms with E-state index >= 15 is 0 Å². The lowest BCUT2D eigenvalue weighted by Crippen LogP contribution is -2.42. The van der Waals surface area contributed by atoms with E-state index < -0.39 is 11.9 Å². The predicted molar refractivity (Wildman–Crippen MR) is 162 cm³/mol. The summed E-state index contributed by atoms with van der Waals surface area (Å²) in [5.41, 5.74) is 4.40. The summed E-state index contributed by atoms with van der Waals surface area (Å²) >= 11 is 0. The normalized spacial score (nSPS) is 20.0. The molecule has 2 aliphatic rings. The van der Waals surface area contributed by atoms with Crippen LogP contribution in [0.25, 0.3) is 11.0 Å². The first kappa shape index (κ1) is 27.5. The van der Waals surface area contributed by atoms with Gasteiger partial charge in [0.05, 0.1) is 17.5 Å². The molecule has 9 nitrogen and oxygen atoms in total. The average molecular weight is 566 g/mol. The number of fused-ring (bicyclic) bond motifs is 3. The van der Waals surface area contributed by atoms with Crippen molar-refractivity contribution >= 4 is 40.5 Å². The quantitative estimate of drug-likeness (QED) is 0.222. The summed E-state index contributed by atoms with van der Waals surface area (Å²) in [4.78, 5) is 48.0. The largest absolute Gasteiger partial charge is 0.481 e. The van der Waals surface area contributed by atoms with Gasteiger partial charge in [-0.2, -0.15) is 0 Å². The number of amides is 2. The molecule has 2 heterocycles. The molecule has 6 rings (SSSR count). The van der Waals surface area contributed by atoms with E-state index in [4.69, 9.17) is 0 Å². The lowest BCUT2D eigenvalue weighted by atomic mass is 9.82. The molecule has 42 heavy (non-hydrogen) atoms. The van der Waals surface area contributed by atoms with Crippen molar-refractivity contribution in [1.82, 2.24) is 15.3 Å². The molecule has 9 heteroatoms. The number of benzene rings is 3. The molecule has 3 aromatic carbocycles. The van der Waals surface area contributed by atoms with Gasteiger partial charge in [-0.3, -0.25) is 19.3 Å². The van der Waals surface area contributed by atoms with E-state index in [-0.39, 0.29) is 24.8 Å². The van der Waals surface area contributed by atoms with Gasteiger partial charge in [0.15, 0.2) is 0 Å². The Morgan fingerprint density at radius 1 is 0.881 bits per heavy atom. The number of para-hydroxylation sites is 3. The maximum Gasteiger partial charge on any atom is 0.304 e. The average Bonchev–Trinajstić information content (AvgIpc) is 3.40. The number of anilines is 2. The van der Waals surface area contributed by atoms with Crippen LogP contribution in [0, 0.1) is 11.8 Å². The van der Waals surface area contributed by atoms with Crippen molar-refractivity contribution in [2.45, 2.75) is 38.0 Å². The predicted octanol–water partition coefficient (Wildman–Crippen LogP) is 5.16. The molecule has 4 N–H and O–H groups in total. The first-order chi connectivity index (χ1) is 20.5. The van der Waals surface area contributed by atoms with Crippen molar-refractivity contribution in [3.05, 3.63) is 89.5 Å². The first-order valence-electron chi connectivity index (χ1n) is 14.6. The summed E-state index contributed by atoms with van der Waals surface area (Å²) in [6.07, 6.45) is 4.07. The number of rotatable bonds is 9. The Morgan fingerprint density at radius 3 is 2.31 bits per heavy atom. The van der Waals surface area contributed by atoms with Crippen LogP contribution in [0.3, 0.4) is 0 Å². The third-order valence-electron chi connectivity index (χ3n) is 8.60. The molecule has 0 radical (unpaired) electrons. The standard InChI is InChI=1S/C33H35N5O4/c39-30(34-18-21-13-15-22(16-14-21)19-35-33-36-27-10-4-5-11-28(27)37-33)20-38-29-12-6-3-8-24(29)26(17-31(40)41)23-7-1-2-9-25(23)32(38)42/h1-12,21-22,26H,13-20H2,(H,34,39)(H,40,41)(H2,35,36,37). The number of nitrogens with zero attached hydrogens (tertiary/aromatic N) is 2. The highest BCUT2D eigenvalue weighted by Crippen LogP contribution is 2.40. The molecule has 216 valence electrons. The molecule has 2 amide bonds. The molecule has 1 saturated carbocycles. The number of nitrogens with one attached hydrogen (secondary N) is 3. The van der Waals surface area contributed by atoms with Gasteiger partial charge in [0.2, 0.25) is 11.9 Å². The fraction of sp³-hybridized carbons (Fsp3) is 0.333. The number of H-pyrrole nitrogens is 1. The lowest BCUT2D eigenvalue weighted by molar-refractivity contribution is -0.137. The summed E-state index contributed by atoms with van der Waals surface area (Å²) in [6, 6.07) is 22.4. The van der Waals surface area contributed by atoms with Crippen molar-refractivity contribution in [3.63, 3.8) is 0 Å². The minimum Gasteiger partial charge on any atom is -0.481 e. The molecular formula is C33H35N5O4. The van der Waals surface area contributed by atoms with E-state index in [0.717, 1.165) is 54.8 Å². The van der Waals surface area contributed by atoms with Gasteiger partial charge >= 0.3 is 5.97 Å². The van der Waals surface area contributed by atoms with Gasteiger partial charge in [-0.05, 0) is 72.9 Å². The highest BCUT2D eigenvalue weighted by atomic mass is 16.4. The zero-order valence-corrected chi connectivity index (χ0v) is 23.4. The van der Waals surface area contributed by atoms with Crippen LogP contribution >= 0.6 is 0 Å². The number of carbonyl (C=O) groups is 3. The zero-order valence-electron chi connectivity index (χ0n) is 23.4. The summed E-state index contributed by atoms with van der Waals surface area (Å²) in [5, 5.41) is 16.1. The van der Waals surface area contributed by atoms with Crippen LogP contribution < -0.4 is 15.5 Å². The number of hydrogen-bond donors (Lipinski definition) is 4. The Balaban J connectivity index is 1.05. The lowest BCUT2D eigenvalue weighted by Gasteiger charge is -2.29. The Kier molecular flexibility index (Phi) is 7.90. The second kappa shape index (κ2) is 12.1. The van der Waals surface area contributed by atoms with Crippen LogP contribution in [0.1, 0.15) is 59.5 Å². The third kappa shape index (κ3) is 5.86. The monoisotopic (exact) mass is 565 g/mol. The molecule has 1 aliphatic heterocycles. The maximum absolute atomic E-state index is 13.7. The van der Waals surface area contributed by atoms with Gasteiger partial charge < -0.3 is 20.7 Å². The fourth-order valence-electron chi connectivity index (χ4n) is 6.37. The second-order valence-corrected chi connectivity index (χ2v) is 11.4. The molecule has 0 spiro atoms. The maximum atomic E-state index is 13.7. The Bertz CT molecular complexity index is 1570. The molecule has 4 aromatic rings. The topological polar surface area (TPSA) is 127 Å². The van der Waals surface area contributed by atoms with E-state index in [1.54, 1.807) is 18.2 Å². The number of carboxylic acids is 1. The number of aromatic amines is 1. The fourth-order valence-corrected chi connectivity index (χ4v) is 6.37. The first-order valence-corrected chi connectivity index (χ1v) is 14.6. The number of hydrogen-bond acceptors (Lipinski definition) is 5. The Hall–Kier alpha value is -4.66. The molecule has 0 bridgehead atoms. The van der Waals surface area contributed by atoms with E-state index in [1.807, 2.05) is 54.6 Å². The molecule has 0 saturated heterocycles. The van der Waals surface area contributed by atoms with Crippen molar-refractivity contribution < 1.29 is 19.5 Å². The molecule has 1 atom stereocenters. The minimum absolute atomic E-state index is 0.124. The number of aromatic nitrogens is 2. The number of carboxylic acid groups (broad SMARTS) is 1. The van der Waals surface area contributed by atoms with Crippen molar-refractivity contribution in [1.29, 1.82) is 0 Å². The minimum atomic E-state index is -0.941. The van der Waals surface area contributed by atoms with Crippen molar-refractivity contribution in [3.8, 4) is 0 Å². The molecule has 1 fully saturated rings. The van der Waals surface area contributed by atoms with Crippen LogP contribution in [-0.2, 0) is 9.59 Å². The van der Waals surface area contributed by atoms with Crippen LogP contribution in [0.4, 0.5) is 11.6 Å². The Labute approximate surface area is 244 Å². The van der Waals surface area contributed by atoms with Gasteiger partial charge in [-0.15, -0.1) is 0 Å². The molecule has 1 aliphatic carbocycles. The summed E-state index contributed by atoms with van der Waals surface area (Å²) in [6.45, 7) is 1.31. The van der Waals surface area contributed by atoms with Crippen LogP contribution in [0.2, 0.25) is 0 Å². The third-order valence-corrected chi connectivity index (χ3v) is 8.60. The summed E-state index contributed by atoms with van der Waals surface area (Å²) in [5.74, 6) is -0.197. The van der Waals surface area contributed by atoms with Gasteiger partial charge in [-0.25, -0.2) is 4.98 Å². The number of carbonyl (C=O) groups excluding carboxylic acids is 2.